The summed E-state index contributed by atoms with van der Waals surface area (Å²) in [7, 11) is 0. The van der Waals surface area contributed by atoms with Crippen molar-refractivity contribution in [1.29, 1.82) is 0 Å². The molecule has 0 aromatic carbocycles. The van der Waals surface area contributed by atoms with E-state index < -0.39 is 12.1 Å². The first-order valence-electron chi connectivity index (χ1n) is 15.0. The van der Waals surface area contributed by atoms with Gasteiger partial charge >= 0.3 is 18.1 Å². The summed E-state index contributed by atoms with van der Waals surface area (Å²) in [5.41, 5.74) is 0. The molecule has 0 aliphatic carbocycles. The van der Waals surface area contributed by atoms with Crippen molar-refractivity contribution >= 4 is 29.7 Å². The second-order valence-corrected chi connectivity index (χ2v) is 10.3. The molecule has 0 aliphatic heterocycles. The van der Waals surface area contributed by atoms with Gasteiger partial charge in [-0.1, -0.05) is 39.5 Å². The van der Waals surface area contributed by atoms with E-state index in [1.165, 1.54) is 0 Å². The quantitative estimate of drug-likeness (QED) is 0.0753. The molecule has 10 nitrogen and oxygen atoms in total. The highest BCUT2D eigenvalue weighted by atomic mass is 16.7. The fourth-order valence-corrected chi connectivity index (χ4v) is 3.91. The van der Waals surface area contributed by atoms with Crippen LogP contribution in [0.5, 0.6) is 0 Å². The molecule has 0 N–H and O–H groups in total. The highest BCUT2D eigenvalue weighted by molar-refractivity contribution is 5.75. The van der Waals surface area contributed by atoms with E-state index in [1.54, 1.807) is 13.8 Å². The van der Waals surface area contributed by atoms with Gasteiger partial charge in [-0.25, -0.2) is 4.79 Å². The van der Waals surface area contributed by atoms with Crippen LogP contribution in [0.15, 0.2) is 0 Å². The van der Waals surface area contributed by atoms with Crippen LogP contribution in [0.25, 0.3) is 0 Å². The topological polar surface area (TPSA) is 126 Å². The molecule has 0 aromatic rings. The first kappa shape index (κ1) is 37.5. The zero-order valence-corrected chi connectivity index (χ0v) is 25.3. The summed E-state index contributed by atoms with van der Waals surface area (Å²) in [6, 6.07) is 0. The van der Waals surface area contributed by atoms with Crippen LogP contribution in [0.2, 0.25) is 0 Å². The second-order valence-electron chi connectivity index (χ2n) is 10.3. The van der Waals surface area contributed by atoms with Gasteiger partial charge in [-0.05, 0) is 59.0 Å². The Morgan fingerprint density at radius 2 is 0.975 bits per heavy atom. The van der Waals surface area contributed by atoms with Gasteiger partial charge in [0.1, 0.15) is 31.4 Å². The van der Waals surface area contributed by atoms with Gasteiger partial charge in [0.05, 0.1) is 12.5 Å². The van der Waals surface area contributed by atoms with Crippen molar-refractivity contribution in [3.05, 3.63) is 0 Å². The average Bonchev–Trinajstić information content (AvgIpc) is 2.91. The minimum atomic E-state index is -0.808. The smallest absolute Gasteiger partial charge is 0.465 e. The van der Waals surface area contributed by atoms with Gasteiger partial charge in [-0.15, -0.1) is 0 Å². The van der Waals surface area contributed by atoms with E-state index in [9.17, 15) is 24.0 Å². The summed E-state index contributed by atoms with van der Waals surface area (Å²) >= 11 is 0. The van der Waals surface area contributed by atoms with Gasteiger partial charge in [0, 0.05) is 32.2 Å². The van der Waals surface area contributed by atoms with Crippen molar-refractivity contribution in [3.8, 4) is 0 Å². The van der Waals surface area contributed by atoms with Crippen molar-refractivity contribution < 1.29 is 42.9 Å². The van der Waals surface area contributed by atoms with Gasteiger partial charge in [0.15, 0.2) is 0 Å². The molecular weight excluding hydrogens is 518 g/mol. The molecule has 0 aliphatic rings. The molecule has 232 valence electrons. The van der Waals surface area contributed by atoms with Crippen molar-refractivity contribution in [2.75, 3.05) is 46.1 Å². The minimum absolute atomic E-state index is 0.0431. The lowest BCUT2D eigenvalue weighted by Gasteiger charge is -2.18. The van der Waals surface area contributed by atoms with Gasteiger partial charge in [0.25, 0.3) is 0 Å². The molecule has 1 atom stereocenters. The predicted octanol–water partition coefficient (Wildman–Crippen LogP) is 5.43. The molecule has 0 heterocycles. The van der Waals surface area contributed by atoms with Crippen LogP contribution in [0.3, 0.4) is 0 Å². The minimum Gasteiger partial charge on any atom is -0.465 e. The third-order valence-corrected chi connectivity index (χ3v) is 6.45. The Bertz CT molecular complexity index is 722. The van der Waals surface area contributed by atoms with E-state index in [1.807, 2.05) is 0 Å². The molecule has 0 rings (SSSR count). The molecule has 0 saturated heterocycles. The van der Waals surface area contributed by atoms with Gasteiger partial charge < -0.3 is 33.4 Å². The van der Waals surface area contributed by atoms with Crippen LogP contribution in [-0.2, 0) is 38.1 Å². The Morgan fingerprint density at radius 1 is 0.550 bits per heavy atom. The maximum absolute atomic E-state index is 12.2. The molecule has 0 spiro atoms. The van der Waals surface area contributed by atoms with Crippen molar-refractivity contribution in [2.24, 2.45) is 5.92 Å². The Kier molecular flexibility index (Phi) is 23.9. The van der Waals surface area contributed by atoms with E-state index >= 15 is 0 Å². The standard InChI is InChI=1S/C30H53NO9/c1-5-31(6-2)20-15-21-37-30(36)40-24-27(23-39-29(35)19-14-10-12-17-26(4)33)22-38-28(34)18-13-9-7-8-11-16-25(3)32/h27H,5-24H2,1-4H3. The Balaban J connectivity index is 4.46. The van der Waals surface area contributed by atoms with Crippen molar-refractivity contribution in [2.45, 2.75) is 111 Å². The highest BCUT2D eigenvalue weighted by Gasteiger charge is 2.18. The van der Waals surface area contributed by atoms with E-state index in [2.05, 4.69) is 18.7 Å². The summed E-state index contributed by atoms with van der Waals surface area (Å²) in [5, 5.41) is 0. The number of hydrogen-bond acceptors (Lipinski definition) is 10. The number of Topliss-reactive ketones (excluding diaryl/α,β-unsaturated/α-hetero) is 2. The van der Waals surface area contributed by atoms with Gasteiger partial charge in [-0.3, -0.25) is 9.59 Å². The molecule has 0 bridgehead atoms. The summed E-state index contributed by atoms with van der Waals surface area (Å²) in [6.45, 7) is 10.0. The normalized spacial score (nSPS) is 11.6. The highest BCUT2D eigenvalue weighted by Crippen LogP contribution is 2.10. The summed E-state index contributed by atoms with van der Waals surface area (Å²) in [6.07, 6.45) is 7.97. The number of unbranched alkanes of at least 4 members (excludes halogenated alkanes) is 6. The Hall–Kier alpha value is -2.49. The molecule has 10 heteroatoms. The van der Waals surface area contributed by atoms with Crippen LogP contribution >= 0.6 is 0 Å². The Labute approximate surface area is 240 Å². The molecule has 0 saturated carbocycles. The summed E-state index contributed by atoms with van der Waals surface area (Å²) in [4.78, 5) is 60.6. The maximum atomic E-state index is 12.2. The molecule has 0 radical (unpaired) electrons. The average molecular weight is 572 g/mol. The molecule has 40 heavy (non-hydrogen) atoms. The van der Waals surface area contributed by atoms with Crippen LogP contribution < -0.4 is 0 Å². The molecule has 0 amide bonds. The summed E-state index contributed by atoms with van der Waals surface area (Å²) in [5.74, 6) is -0.930. The number of ketones is 2. The lowest BCUT2D eigenvalue weighted by molar-refractivity contribution is -0.150. The predicted molar refractivity (Wildman–Crippen MR) is 152 cm³/mol. The van der Waals surface area contributed by atoms with Crippen LogP contribution in [0.1, 0.15) is 111 Å². The molecule has 0 aromatic heterocycles. The van der Waals surface area contributed by atoms with Gasteiger partial charge in [-0.2, -0.15) is 0 Å². The fourth-order valence-electron chi connectivity index (χ4n) is 3.91. The Morgan fingerprint density at radius 3 is 1.45 bits per heavy atom. The molecule has 1 unspecified atom stereocenters. The van der Waals surface area contributed by atoms with Crippen LogP contribution in [0.4, 0.5) is 4.79 Å². The number of hydrogen-bond donors (Lipinski definition) is 0. The third kappa shape index (κ3) is 24.5. The second kappa shape index (κ2) is 25.5. The van der Waals surface area contributed by atoms with E-state index in [0.717, 1.165) is 58.2 Å². The van der Waals surface area contributed by atoms with Crippen molar-refractivity contribution in [3.63, 3.8) is 0 Å². The van der Waals surface area contributed by atoms with Crippen molar-refractivity contribution in [1.82, 2.24) is 4.90 Å². The first-order chi connectivity index (χ1) is 19.2. The molecular formula is C30H53NO9. The fraction of sp³-hybridized carbons (Fsp3) is 0.833. The summed E-state index contributed by atoms with van der Waals surface area (Å²) < 4.78 is 21.0. The zero-order valence-electron chi connectivity index (χ0n) is 25.3. The van der Waals surface area contributed by atoms with E-state index in [-0.39, 0.29) is 62.8 Å². The van der Waals surface area contributed by atoms with E-state index in [4.69, 9.17) is 18.9 Å². The van der Waals surface area contributed by atoms with Gasteiger partial charge in [0.2, 0.25) is 0 Å². The monoisotopic (exact) mass is 571 g/mol. The number of ether oxygens (including phenoxy) is 4. The SMILES string of the molecule is CCN(CC)CCCOC(=O)OCC(COC(=O)CCCCCCCC(C)=O)COC(=O)CCCCCC(C)=O. The molecule has 0 fully saturated rings. The largest absolute Gasteiger partial charge is 0.508 e. The number of rotatable bonds is 26. The van der Waals surface area contributed by atoms with Crippen LogP contribution in [0, 0.1) is 5.92 Å². The third-order valence-electron chi connectivity index (χ3n) is 6.45. The van der Waals surface area contributed by atoms with Crippen LogP contribution in [-0.4, -0.2) is 80.6 Å². The maximum Gasteiger partial charge on any atom is 0.508 e. The number of esters is 2. The van der Waals surface area contributed by atoms with E-state index in [0.29, 0.717) is 32.1 Å². The first-order valence-corrected chi connectivity index (χ1v) is 15.0. The number of carbonyl (C=O) groups is 5. The lowest BCUT2D eigenvalue weighted by Crippen LogP contribution is -2.27. The number of nitrogens with zero attached hydrogens (tertiary/aromatic N) is 1. The lowest BCUT2D eigenvalue weighted by atomic mass is 10.1. The zero-order chi connectivity index (χ0) is 30.0. The number of carbonyl (C=O) groups excluding carboxylic acids is 5.